The van der Waals surface area contributed by atoms with Crippen molar-refractivity contribution < 1.29 is 14.4 Å². The molecule has 0 N–H and O–H groups in total. The molecule has 5 rings (SSSR count). The van der Waals surface area contributed by atoms with Crippen LogP contribution in [0.5, 0.6) is 11.5 Å². The second-order valence-electron chi connectivity index (χ2n) is 8.79. The Labute approximate surface area is 223 Å². The minimum Gasteiger partial charge on any atom is -0.493 e. The quantitative estimate of drug-likeness (QED) is 0.146. The van der Waals surface area contributed by atoms with Crippen molar-refractivity contribution in [3.63, 3.8) is 0 Å². The van der Waals surface area contributed by atoms with E-state index in [0.29, 0.717) is 27.9 Å². The molecule has 0 unspecified atom stereocenters. The van der Waals surface area contributed by atoms with Crippen molar-refractivity contribution in [2.75, 3.05) is 7.11 Å². The van der Waals surface area contributed by atoms with E-state index in [4.69, 9.17) is 9.47 Å². The number of benzene rings is 4. The molecule has 5 aromatic rings. The standard InChI is InChI=1S/C30H24N4O5/c1-20-9-8-10-21(15-20)19-39-28-26(34(36)37)16-22(17-27(28)38-2)18-31-33-29(23-11-4-3-5-12-23)32-25-14-7-6-13-24(25)30(33)35/h3-18H,19H2,1-2H3. The number of rotatable bonds is 8. The third-order valence-electron chi connectivity index (χ3n) is 6.05. The van der Waals surface area contributed by atoms with Crippen LogP contribution in [0.15, 0.2) is 101 Å². The zero-order chi connectivity index (χ0) is 27.4. The normalized spacial score (nSPS) is 11.1. The lowest BCUT2D eigenvalue weighted by atomic mass is 10.1. The molecule has 9 nitrogen and oxygen atoms in total. The highest BCUT2D eigenvalue weighted by Gasteiger charge is 2.22. The SMILES string of the molecule is COc1cc(C=Nn2c(-c3ccccc3)nc3ccccc3c2=O)cc([N+](=O)[O-])c1OCc1cccc(C)c1. The Morgan fingerprint density at radius 1 is 1.00 bits per heavy atom. The van der Waals surface area contributed by atoms with Crippen molar-refractivity contribution >= 4 is 22.8 Å². The lowest BCUT2D eigenvalue weighted by Gasteiger charge is -2.12. The minimum atomic E-state index is -0.537. The van der Waals surface area contributed by atoms with Gasteiger partial charge in [0.05, 0.1) is 29.2 Å². The molecule has 0 saturated carbocycles. The van der Waals surface area contributed by atoms with Crippen molar-refractivity contribution in [1.82, 2.24) is 9.66 Å². The van der Waals surface area contributed by atoms with E-state index >= 15 is 0 Å². The second kappa shape index (κ2) is 11.0. The maximum atomic E-state index is 13.4. The average Bonchev–Trinajstić information content (AvgIpc) is 2.95. The van der Waals surface area contributed by atoms with E-state index in [1.807, 2.05) is 67.6 Å². The first-order valence-electron chi connectivity index (χ1n) is 12.1. The molecule has 194 valence electrons. The summed E-state index contributed by atoms with van der Waals surface area (Å²) in [6.45, 7) is 2.09. The Bertz CT molecular complexity index is 1760. The van der Waals surface area contributed by atoms with E-state index in [2.05, 4.69) is 10.1 Å². The molecular formula is C30H24N4O5. The van der Waals surface area contributed by atoms with Crippen molar-refractivity contribution in [3.8, 4) is 22.9 Å². The largest absolute Gasteiger partial charge is 0.493 e. The Hall–Kier alpha value is -5.31. The summed E-state index contributed by atoms with van der Waals surface area (Å²) < 4.78 is 12.5. The number of methoxy groups -OCH3 is 1. The van der Waals surface area contributed by atoms with E-state index in [9.17, 15) is 14.9 Å². The predicted molar refractivity (Wildman–Crippen MR) is 150 cm³/mol. The van der Waals surface area contributed by atoms with Gasteiger partial charge in [-0.05, 0) is 30.7 Å². The van der Waals surface area contributed by atoms with Gasteiger partial charge in [0, 0.05) is 17.2 Å². The molecule has 39 heavy (non-hydrogen) atoms. The highest BCUT2D eigenvalue weighted by molar-refractivity contribution is 5.84. The molecule has 0 aliphatic carbocycles. The molecule has 0 bridgehead atoms. The number of ether oxygens (including phenoxy) is 2. The van der Waals surface area contributed by atoms with Crippen LogP contribution in [-0.4, -0.2) is 27.9 Å². The maximum absolute atomic E-state index is 13.4. The number of aryl methyl sites for hydroxylation is 1. The van der Waals surface area contributed by atoms with E-state index in [0.717, 1.165) is 11.1 Å². The van der Waals surface area contributed by atoms with Crippen LogP contribution >= 0.6 is 0 Å². The van der Waals surface area contributed by atoms with Crippen LogP contribution in [-0.2, 0) is 6.61 Å². The van der Waals surface area contributed by atoms with Crippen molar-refractivity contribution in [2.24, 2.45) is 5.10 Å². The zero-order valence-electron chi connectivity index (χ0n) is 21.3. The summed E-state index contributed by atoms with van der Waals surface area (Å²) in [5, 5.41) is 16.8. The Morgan fingerprint density at radius 2 is 1.77 bits per heavy atom. The smallest absolute Gasteiger partial charge is 0.315 e. The molecule has 4 aromatic carbocycles. The molecule has 9 heteroatoms. The number of nitro groups is 1. The highest BCUT2D eigenvalue weighted by Crippen LogP contribution is 2.38. The molecule has 1 aromatic heterocycles. The van der Waals surface area contributed by atoms with Gasteiger partial charge in [-0.15, -0.1) is 0 Å². The van der Waals surface area contributed by atoms with Crippen LogP contribution in [0.25, 0.3) is 22.3 Å². The molecular weight excluding hydrogens is 496 g/mol. The van der Waals surface area contributed by atoms with Crippen molar-refractivity contribution in [3.05, 3.63) is 128 Å². The minimum absolute atomic E-state index is 0.00988. The third-order valence-corrected chi connectivity index (χ3v) is 6.05. The number of nitrogens with zero attached hydrogens (tertiary/aromatic N) is 4. The van der Waals surface area contributed by atoms with Crippen LogP contribution in [0.1, 0.15) is 16.7 Å². The molecule has 0 fully saturated rings. The van der Waals surface area contributed by atoms with Gasteiger partial charge in [-0.1, -0.05) is 72.3 Å². The number of para-hydroxylation sites is 1. The molecule has 1 heterocycles. The van der Waals surface area contributed by atoms with Crippen LogP contribution in [0.4, 0.5) is 5.69 Å². The fraction of sp³-hybridized carbons (Fsp3) is 0.100. The zero-order valence-corrected chi connectivity index (χ0v) is 21.3. The van der Waals surface area contributed by atoms with Gasteiger partial charge >= 0.3 is 5.69 Å². The van der Waals surface area contributed by atoms with Gasteiger partial charge in [0.15, 0.2) is 11.6 Å². The van der Waals surface area contributed by atoms with Gasteiger partial charge < -0.3 is 9.47 Å². The van der Waals surface area contributed by atoms with E-state index in [1.54, 1.807) is 24.3 Å². The number of hydrogen-bond acceptors (Lipinski definition) is 7. The van der Waals surface area contributed by atoms with Gasteiger partial charge in [0.25, 0.3) is 5.56 Å². The first-order valence-corrected chi connectivity index (χ1v) is 12.1. The molecule has 0 radical (unpaired) electrons. The summed E-state index contributed by atoms with van der Waals surface area (Å²) in [5.41, 5.74) is 2.86. The highest BCUT2D eigenvalue weighted by atomic mass is 16.6. The monoisotopic (exact) mass is 520 g/mol. The summed E-state index contributed by atoms with van der Waals surface area (Å²) in [7, 11) is 1.41. The third kappa shape index (κ3) is 5.37. The van der Waals surface area contributed by atoms with Crippen LogP contribution < -0.4 is 15.0 Å². The number of aromatic nitrogens is 2. The van der Waals surface area contributed by atoms with Gasteiger partial charge in [-0.25, -0.2) is 4.98 Å². The lowest BCUT2D eigenvalue weighted by molar-refractivity contribution is -0.386. The Morgan fingerprint density at radius 3 is 2.51 bits per heavy atom. The van der Waals surface area contributed by atoms with Gasteiger partial charge in [0.1, 0.15) is 6.61 Å². The maximum Gasteiger partial charge on any atom is 0.315 e. The van der Waals surface area contributed by atoms with Crippen LogP contribution in [0.2, 0.25) is 0 Å². The van der Waals surface area contributed by atoms with E-state index in [-0.39, 0.29) is 29.4 Å². The first kappa shape index (κ1) is 25.3. The first-order chi connectivity index (χ1) is 18.9. The fourth-order valence-electron chi connectivity index (χ4n) is 4.20. The number of fused-ring (bicyclic) bond motifs is 1. The van der Waals surface area contributed by atoms with Gasteiger partial charge in [-0.2, -0.15) is 9.78 Å². The topological polar surface area (TPSA) is 109 Å². The summed E-state index contributed by atoms with van der Waals surface area (Å²) in [6, 6.07) is 26.8. The van der Waals surface area contributed by atoms with E-state index in [1.165, 1.54) is 24.1 Å². The Kier molecular flexibility index (Phi) is 7.13. The lowest BCUT2D eigenvalue weighted by Crippen LogP contribution is -2.20. The van der Waals surface area contributed by atoms with Crippen molar-refractivity contribution in [2.45, 2.75) is 13.5 Å². The van der Waals surface area contributed by atoms with Crippen molar-refractivity contribution in [1.29, 1.82) is 0 Å². The molecule has 0 atom stereocenters. The predicted octanol–water partition coefficient (Wildman–Crippen LogP) is 5.75. The van der Waals surface area contributed by atoms with Gasteiger partial charge in [0.2, 0.25) is 5.75 Å². The van der Waals surface area contributed by atoms with Gasteiger partial charge in [-0.3, -0.25) is 14.9 Å². The summed E-state index contributed by atoms with van der Waals surface area (Å²) in [6.07, 6.45) is 1.37. The molecule has 0 spiro atoms. The number of hydrogen-bond donors (Lipinski definition) is 0. The molecule has 0 saturated heterocycles. The molecule has 0 amide bonds. The van der Waals surface area contributed by atoms with Crippen LogP contribution in [0.3, 0.4) is 0 Å². The number of nitro benzene ring substituents is 1. The fourth-order valence-corrected chi connectivity index (χ4v) is 4.20. The summed E-state index contributed by atoms with van der Waals surface area (Å²) in [5.74, 6) is 0.524. The Balaban J connectivity index is 1.57. The van der Waals surface area contributed by atoms with Crippen LogP contribution in [0, 0.1) is 17.0 Å². The second-order valence-corrected chi connectivity index (χ2v) is 8.79. The summed E-state index contributed by atoms with van der Waals surface area (Å²) >= 11 is 0. The summed E-state index contributed by atoms with van der Waals surface area (Å²) in [4.78, 5) is 29.5. The average molecular weight is 521 g/mol. The van der Waals surface area contributed by atoms with E-state index < -0.39 is 4.92 Å². The molecule has 0 aliphatic heterocycles. The molecule has 0 aliphatic rings.